The van der Waals surface area contributed by atoms with Gasteiger partial charge in [-0.05, 0) is 18.2 Å². The predicted octanol–water partition coefficient (Wildman–Crippen LogP) is 1.08. The molecule has 0 bridgehead atoms. The highest BCUT2D eigenvalue weighted by Gasteiger charge is 2.32. The second-order valence-corrected chi connectivity index (χ2v) is 4.53. The molecule has 0 saturated carbocycles. The lowest BCUT2D eigenvalue weighted by Gasteiger charge is -2.33. The van der Waals surface area contributed by atoms with Crippen LogP contribution in [0, 0.1) is 5.82 Å². The molecule has 1 aromatic carbocycles. The third kappa shape index (κ3) is 2.20. The first-order valence-electron chi connectivity index (χ1n) is 6.26. The van der Waals surface area contributed by atoms with Crippen molar-refractivity contribution >= 4 is 23.0 Å². The number of nitrogens with one attached hydrogen (secondary N) is 1. The molecule has 0 spiro atoms. The van der Waals surface area contributed by atoms with Gasteiger partial charge in [-0.1, -0.05) is 0 Å². The summed E-state index contributed by atoms with van der Waals surface area (Å²) in [5.41, 5.74) is 1.24. The Kier molecular flexibility index (Phi) is 3.27. The van der Waals surface area contributed by atoms with Crippen molar-refractivity contribution in [1.29, 1.82) is 0 Å². The third-order valence-corrected chi connectivity index (χ3v) is 3.31. The lowest BCUT2D eigenvalue weighted by Crippen LogP contribution is -2.51. The highest BCUT2D eigenvalue weighted by atomic mass is 19.1. The second kappa shape index (κ2) is 5.09. The molecule has 0 amide bonds. The van der Waals surface area contributed by atoms with Crippen LogP contribution in [-0.2, 0) is 14.3 Å². The number of hydrogen-bond acceptors (Lipinski definition) is 5. The molecule has 1 aliphatic heterocycles. The van der Waals surface area contributed by atoms with E-state index in [9.17, 15) is 9.18 Å². The highest BCUT2D eigenvalue weighted by molar-refractivity contribution is 5.82. The van der Waals surface area contributed by atoms with Gasteiger partial charge in [0.15, 0.2) is 6.04 Å². The molecule has 2 heterocycles. The van der Waals surface area contributed by atoms with Gasteiger partial charge in [-0.25, -0.2) is 14.2 Å². The number of methoxy groups -OCH3 is 1. The van der Waals surface area contributed by atoms with E-state index < -0.39 is 6.04 Å². The van der Waals surface area contributed by atoms with E-state index in [-0.39, 0.29) is 18.4 Å². The van der Waals surface area contributed by atoms with Crippen molar-refractivity contribution in [2.75, 3.05) is 31.8 Å². The summed E-state index contributed by atoms with van der Waals surface area (Å²) in [4.78, 5) is 21.0. The molecule has 1 saturated heterocycles. The van der Waals surface area contributed by atoms with Gasteiger partial charge >= 0.3 is 5.97 Å². The molecule has 106 valence electrons. The van der Waals surface area contributed by atoms with Crippen molar-refractivity contribution in [3.8, 4) is 0 Å². The Morgan fingerprint density at radius 3 is 3.25 bits per heavy atom. The minimum Gasteiger partial charge on any atom is -0.467 e. The quantitative estimate of drug-likeness (QED) is 0.833. The van der Waals surface area contributed by atoms with Crippen LogP contribution in [0.3, 0.4) is 0 Å². The van der Waals surface area contributed by atoms with Crippen molar-refractivity contribution in [3.05, 3.63) is 24.0 Å². The number of halogens is 1. The van der Waals surface area contributed by atoms with Gasteiger partial charge < -0.3 is 19.4 Å². The van der Waals surface area contributed by atoms with Crippen LogP contribution in [0.4, 0.5) is 10.3 Å². The molecule has 3 rings (SSSR count). The molecular formula is C13H14FN3O3. The third-order valence-electron chi connectivity index (χ3n) is 3.31. The predicted molar refractivity (Wildman–Crippen MR) is 70.0 cm³/mol. The van der Waals surface area contributed by atoms with E-state index in [4.69, 9.17) is 9.47 Å². The van der Waals surface area contributed by atoms with Gasteiger partial charge in [0.1, 0.15) is 5.82 Å². The number of H-pyrrole nitrogens is 1. The van der Waals surface area contributed by atoms with Crippen LogP contribution in [0.25, 0.3) is 11.0 Å². The van der Waals surface area contributed by atoms with Crippen LogP contribution >= 0.6 is 0 Å². The van der Waals surface area contributed by atoms with E-state index in [0.717, 1.165) is 0 Å². The van der Waals surface area contributed by atoms with Crippen LogP contribution in [0.5, 0.6) is 0 Å². The largest absolute Gasteiger partial charge is 0.467 e. The molecule has 20 heavy (non-hydrogen) atoms. The number of carbonyl (C=O) groups excluding carboxylic acids is 1. The first-order valence-corrected chi connectivity index (χ1v) is 6.26. The molecule has 1 aromatic heterocycles. The smallest absolute Gasteiger partial charge is 0.331 e. The number of fused-ring (bicyclic) bond motifs is 1. The van der Waals surface area contributed by atoms with Crippen LogP contribution in [0.2, 0.25) is 0 Å². The van der Waals surface area contributed by atoms with Gasteiger partial charge in [0.25, 0.3) is 0 Å². The zero-order valence-corrected chi connectivity index (χ0v) is 10.9. The summed E-state index contributed by atoms with van der Waals surface area (Å²) in [6.45, 7) is 1.26. The molecule has 1 fully saturated rings. The number of benzene rings is 1. The first-order chi connectivity index (χ1) is 9.69. The van der Waals surface area contributed by atoms with Crippen LogP contribution in [0.1, 0.15) is 0 Å². The summed E-state index contributed by atoms with van der Waals surface area (Å²) in [6.07, 6.45) is 0. The SMILES string of the molecule is COC(=O)C1COCCN1c1nc2ccc(F)cc2[nH]1. The maximum absolute atomic E-state index is 13.2. The highest BCUT2D eigenvalue weighted by Crippen LogP contribution is 2.22. The molecule has 6 nitrogen and oxygen atoms in total. The van der Waals surface area contributed by atoms with Crippen molar-refractivity contribution in [1.82, 2.24) is 9.97 Å². The number of ether oxygens (including phenoxy) is 2. The van der Waals surface area contributed by atoms with Gasteiger partial charge in [-0.3, -0.25) is 0 Å². The molecule has 1 atom stereocenters. The lowest BCUT2D eigenvalue weighted by atomic mass is 10.2. The number of anilines is 1. The van der Waals surface area contributed by atoms with Gasteiger partial charge in [0, 0.05) is 6.54 Å². The molecular weight excluding hydrogens is 265 g/mol. The van der Waals surface area contributed by atoms with Crippen molar-refractivity contribution < 1.29 is 18.7 Å². The number of aromatic amines is 1. The average molecular weight is 279 g/mol. The molecule has 1 aliphatic rings. The number of nitrogens with zero attached hydrogens (tertiary/aromatic N) is 2. The Hall–Kier alpha value is -2.15. The fourth-order valence-corrected chi connectivity index (χ4v) is 2.29. The molecule has 1 N–H and O–H groups in total. The van der Waals surface area contributed by atoms with Crippen molar-refractivity contribution in [3.63, 3.8) is 0 Å². The van der Waals surface area contributed by atoms with Crippen LogP contribution < -0.4 is 4.90 Å². The molecule has 0 radical (unpaired) electrons. The van der Waals surface area contributed by atoms with E-state index in [0.29, 0.717) is 30.1 Å². The maximum atomic E-state index is 13.2. The summed E-state index contributed by atoms with van der Waals surface area (Å²) < 4.78 is 23.3. The number of imidazole rings is 1. The number of morpholine rings is 1. The van der Waals surface area contributed by atoms with Crippen molar-refractivity contribution in [2.45, 2.75) is 6.04 Å². The Morgan fingerprint density at radius 1 is 1.60 bits per heavy atom. The van der Waals surface area contributed by atoms with Crippen molar-refractivity contribution in [2.24, 2.45) is 0 Å². The molecule has 2 aromatic rings. The Bertz CT molecular complexity index is 643. The summed E-state index contributed by atoms with van der Waals surface area (Å²) in [7, 11) is 1.34. The van der Waals surface area contributed by atoms with E-state index in [1.54, 1.807) is 11.0 Å². The van der Waals surface area contributed by atoms with Gasteiger partial charge in [-0.15, -0.1) is 0 Å². The first kappa shape index (κ1) is 12.9. The minimum absolute atomic E-state index is 0.248. The number of esters is 1. The molecule has 0 aliphatic carbocycles. The Balaban J connectivity index is 1.97. The molecule has 1 unspecified atom stereocenters. The average Bonchev–Trinajstić information content (AvgIpc) is 2.89. The van der Waals surface area contributed by atoms with E-state index in [2.05, 4.69) is 9.97 Å². The Morgan fingerprint density at radius 2 is 2.45 bits per heavy atom. The summed E-state index contributed by atoms with van der Waals surface area (Å²) in [6, 6.07) is 3.78. The normalized spacial score (nSPS) is 19.3. The van der Waals surface area contributed by atoms with E-state index >= 15 is 0 Å². The number of carbonyl (C=O) groups is 1. The summed E-state index contributed by atoms with van der Waals surface area (Å²) in [5.74, 6) is -0.195. The van der Waals surface area contributed by atoms with Gasteiger partial charge in [-0.2, -0.15) is 0 Å². The number of hydrogen-bond donors (Lipinski definition) is 1. The second-order valence-electron chi connectivity index (χ2n) is 4.53. The van der Waals surface area contributed by atoms with Crippen LogP contribution in [0.15, 0.2) is 18.2 Å². The molecule has 7 heteroatoms. The standard InChI is InChI=1S/C13H14FN3O3/c1-19-12(18)11-7-20-5-4-17(11)13-15-9-3-2-8(14)6-10(9)16-13/h2-3,6,11H,4-5,7H2,1H3,(H,15,16). The van der Waals surface area contributed by atoms with Crippen LogP contribution in [-0.4, -0.2) is 48.8 Å². The monoisotopic (exact) mass is 279 g/mol. The summed E-state index contributed by atoms with van der Waals surface area (Å²) in [5, 5.41) is 0. The summed E-state index contributed by atoms with van der Waals surface area (Å²) >= 11 is 0. The zero-order valence-electron chi connectivity index (χ0n) is 10.9. The fraction of sp³-hybridized carbons (Fsp3) is 0.385. The number of aromatic nitrogens is 2. The fourth-order valence-electron chi connectivity index (χ4n) is 2.29. The van der Waals surface area contributed by atoms with E-state index in [1.807, 2.05) is 0 Å². The van der Waals surface area contributed by atoms with E-state index in [1.165, 1.54) is 19.2 Å². The zero-order chi connectivity index (χ0) is 14.1. The van der Waals surface area contributed by atoms with Gasteiger partial charge in [0.2, 0.25) is 5.95 Å². The Labute approximate surface area is 114 Å². The van der Waals surface area contributed by atoms with Gasteiger partial charge in [0.05, 0.1) is 31.4 Å². The lowest BCUT2D eigenvalue weighted by molar-refractivity contribution is -0.144. The number of rotatable bonds is 2. The minimum atomic E-state index is -0.542. The maximum Gasteiger partial charge on any atom is 0.331 e. The topological polar surface area (TPSA) is 67.5 Å².